The molecule has 2 aromatic heterocycles. The first-order valence-corrected chi connectivity index (χ1v) is 11.9. The van der Waals surface area contributed by atoms with Crippen molar-refractivity contribution in [3.05, 3.63) is 82.6 Å². The lowest BCUT2D eigenvalue weighted by Crippen LogP contribution is -2.35. The lowest BCUT2D eigenvalue weighted by Gasteiger charge is -2.33. The SMILES string of the molecule is CC.Cc1cc(C2CCCN(Cc3cc(-c4ccccc4Cl)ccc3F)C2)n2ncnc2n1. The molecule has 0 radical (unpaired) electrons. The number of piperidine rings is 1. The number of hydrogen-bond acceptors (Lipinski definition) is 4. The zero-order valence-corrected chi connectivity index (χ0v) is 20.1. The molecule has 0 bridgehead atoms. The van der Waals surface area contributed by atoms with Gasteiger partial charge in [-0.2, -0.15) is 10.1 Å². The van der Waals surface area contributed by atoms with Gasteiger partial charge >= 0.3 is 0 Å². The minimum absolute atomic E-state index is 0.184. The van der Waals surface area contributed by atoms with Crippen LogP contribution < -0.4 is 0 Å². The van der Waals surface area contributed by atoms with E-state index in [9.17, 15) is 4.39 Å². The molecule has 5 rings (SSSR count). The molecule has 3 heterocycles. The molecule has 1 aliphatic heterocycles. The van der Waals surface area contributed by atoms with Crippen molar-refractivity contribution in [1.29, 1.82) is 0 Å². The van der Waals surface area contributed by atoms with Gasteiger partial charge in [0, 0.05) is 40.9 Å². The molecule has 7 heteroatoms. The Morgan fingerprint density at radius 3 is 2.76 bits per heavy atom. The molecule has 0 saturated carbocycles. The highest BCUT2D eigenvalue weighted by Crippen LogP contribution is 2.31. The van der Waals surface area contributed by atoms with Crippen LogP contribution in [0.4, 0.5) is 4.39 Å². The molecule has 1 unspecified atom stereocenters. The summed E-state index contributed by atoms with van der Waals surface area (Å²) in [6, 6.07) is 15.0. The highest BCUT2D eigenvalue weighted by molar-refractivity contribution is 6.33. The fraction of sp³-hybridized carbons (Fsp3) is 0.346. The number of likely N-dealkylation sites (tertiary alicyclic amines) is 1. The van der Waals surface area contributed by atoms with Gasteiger partial charge in [0.15, 0.2) is 0 Å². The Morgan fingerprint density at radius 2 is 1.94 bits per heavy atom. The van der Waals surface area contributed by atoms with E-state index in [1.165, 1.54) is 0 Å². The Morgan fingerprint density at radius 1 is 1.12 bits per heavy atom. The first kappa shape index (κ1) is 23.3. The smallest absolute Gasteiger partial charge is 0.252 e. The summed E-state index contributed by atoms with van der Waals surface area (Å²) < 4.78 is 16.5. The topological polar surface area (TPSA) is 46.3 Å². The van der Waals surface area contributed by atoms with Crippen molar-refractivity contribution in [2.24, 2.45) is 0 Å². The highest BCUT2D eigenvalue weighted by Gasteiger charge is 2.25. The van der Waals surface area contributed by atoms with E-state index in [4.69, 9.17) is 11.6 Å². The number of aromatic nitrogens is 4. The summed E-state index contributed by atoms with van der Waals surface area (Å²) in [4.78, 5) is 11.0. The van der Waals surface area contributed by atoms with Gasteiger partial charge in [-0.05, 0) is 56.1 Å². The largest absolute Gasteiger partial charge is 0.298 e. The van der Waals surface area contributed by atoms with Crippen LogP contribution in [0.5, 0.6) is 0 Å². The summed E-state index contributed by atoms with van der Waals surface area (Å²) in [6.45, 7) is 8.32. The molecular weight excluding hydrogens is 437 g/mol. The fourth-order valence-corrected chi connectivity index (χ4v) is 4.73. The first-order chi connectivity index (χ1) is 16.1. The number of halogens is 2. The van der Waals surface area contributed by atoms with Crippen LogP contribution in [0.3, 0.4) is 0 Å². The molecule has 1 aliphatic rings. The molecule has 33 heavy (non-hydrogen) atoms. The third-order valence-corrected chi connectivity index (χ3v) is 6.29. The molecule has 1 fully saturated rings. The van der Waals surface area contributed by atoms with Crippen LogP contribution in [-0.2, 0) is 6.54 Å². The van der Waals surface area contributed by atoms with E-state index in [2.05, 4.69) is 26.0 Å². The molecule has 0 amide bonds. The van der Waals surface area contributed by atoms with E-state index in [0.29, 0.717) is 28.8 Å². The maximum Gasteiger partial charge on any atom is 0.252 e. The van der Waals surface area contributed by atoms with Crippen LogP contribution in [0.2, 0.25) is 5.02 Å². The molecule has 172 valence electrons. The van der Waals surface area contributed by atoms with E-state index in [-0.39, 0.29) is 5.82 Å². The average molecular weight is 466 g/mol. The maximum atomic E-state index is 14.7. The number of hydrogen-bond donors (Lipinski definition) is 0. The summed E-state index contributed by atoms with van der Waals surface area (Å²) in [5.41, 5.74) is 4.60. The van der Waals surface area contributed by atoms with Gasteiger partial charge in [0.2, 0.25) is 0 Å². The molecule has 0 spiro atoms. The number of aryl methyl sites for hydroxylation is 1. The van der Waals surface area contributed by atoms with Crippen molar-refractivity contribution in [3.8, 4) is 11.1 Å². The van der Waals surface area contributed by atoms with E-state index < -0.39 is 0 Å². The second kappa shape index (κ2) is 10.4. The average Bonchev–Trinajstić information content (AvgIpc) is 3.30. The summed E-state index contributed by atoms with van der Waals surface area (Å²) in [5.74, 6) is 0.747. The maximum absolute atomic E-state index is 14.7. The van der Waals surface area contributed by atoms with Crippen molar-refractivity contribution in [1.82, 2.24) is 24.5 Å². The van der Waals surface area contributed by atoms with Gasteiger partial charge in [0.1, 0.15) is 12.1 Å². The molecule has 5 nitrogen and oxygen atoms in total. The number of rotatable bonds is 4. The van der Waals surface area contributed by atoms with Crippen LogP contribution in [0.25, 0.3) is 16.9 Å². The van der Waals surface area contributed by atoms with E-state index >= 15 is 0 Å². The van der Waals surface area contributed by atoms with Crippen molar-refractivity contribution in [3.63, 3.8) is 0 Å². The molecule has 2 aromatic carbocycles. The van der Waals surface area contributed by atoms with Crippen molar-refractivity contribution in [2.75, 3.05) is 13.1 Å². The Hall–Kier alpha value is -2.83. The van der Waals surface area contributed by atoms with E-state index in [1.807, 2.05) is 55.6 Å². The van der Waals surface area contributed by atoms with Crippen LogP contribution in [0.15, 0.2) is 54.9 Å². The lowest BCUT2D eigenvalue weighted by atomic mass is 9.93. The van der Waals surface area contributed by atoms with Gasteiger partial charge in [-0.1, -0.05) is 49.7 Å². The first-order valence-electron chi connectivity index (χ1n) is 11.5. The van der Waals surface area contributed by atoms with Crippen molar-refractivity contribution in [2.45, 2.75) is 46.1 Å². The molecule has 4 aromatic rings. The number of nitrogens with zero attached hydrogens (tertiary/aromatic N) is 5. The normalized spacial score (nSPS) is 16.5. The van der Waals surface area contributed by atoms with Crippen molar-refractivity contribution >= 4 is 17.4 Å². The third kappa shape index (κ3) is 5.07. The molecule has 0 N–H and O–H groups in total. The standard InChI is InChI=1S/C24H23ClFN5.C2H6/c1-16-11-23(31-24(29-16)27-15-28-31)18-5-4-10-30(13-18)14-19-12-17(8-9-22(19)26)20-6-2-3-7-21(20)25;1-2/h2-3,6-9,11-12,15,18H,4-5,10,13-14H2,1H3;1-2H3. The minimum Gasteiger partial charge on any atom is -0.298 e. The zero-order valence-electron chi connectivity index (χ0n) is 19.3. The summed E-state index contributed by atoms with van der Waals surface area (Å²) in [7, 11) is 0. The van der Waals surface area contributed by atoms with Crippen LogP contribution in [0, 0.1) is 12.7 Å². The molecular formula is C26H29ClFN5. The molecule has 1 atom stereocenters. The van der Waals surface area contributed by atoms with Gasteiger partial charge < -0.3 is 0 Å². The lowest BCUT2D eigenvalue weighted by molar-refractivity contribution is 0.195. The van der Waals surface area contributed by atoms with Crippen molar-refractivity contribution < 1.29 is 4.39 Å². The Bertz CT molecular complexity index is 1240. The van der Waals surface area contributed by atoms with Crippen LogP contribution in [0.1, 0.15) is 49.6 Å². The summed E-state index contributed by atoms with van der Waals surface area (Å²) in [5, 5.41) is 5.03. The Balaban J connectivity index is 0.00000126. The second-order valence-corrected chi connectivity index (χ2v) is 8.56. The predicted molar refractivity (Wildman–Crippen MR) is 131 cm³/mol. The second-order valence-electron chi connectivity index (χ2n) is 8.15. The quantitative estimate of drug-likeness (QED) is 0.355. The molecule has 1 saturated heterocycles. The van der Waals surface area contributed by atoms with Gasteiger partial charge in [0.05, 0.1) is 5.69 Å². The third-order valence-electron chi connectivity index (χ3n) is 5.96. The van der Waals surface area contributed by atoms with E-state index in [1.54, 1.807) is 18.5 Å². The van der Waals surface area contributed by atoms with Gasteiger partial charge in [0.25, 0.3) is 5.78 Å². The predicted octanol–water partition coefficient (Wildman–Crippen LogP) is 6.30. The number of benzene rings is 2. The zero-order chi connectivity index (χ0) is 23.4. The van der Waals surface area contributed by atoms with Crippen LogP contribution >= 0.6 is 11.6 Å². The van der Waals surface area contributed by atoms with Gasteiger partial charge in [-0.15, -0.1) is 0 Å². The summed E-state index contributed by atoms with van der Waals surface area (Å²) >= 11 is 6.36. The van der Waals surface area contributed by atoms with Gasteiger partial charge in [-0.3, -0.25) is 4.90 Å². The van der Waals surface area contributed by atoms with E-state index in [0.717, 1.165) is 48.4 Å². The monoisotopic (exact) mass is 465 g/mol. The van der Waals surface area contributed by atoms with Gasteiger partial charge in [-0.25, -0.2) is 13.9 Å². The Kier molecular flexibility index (Phi) is 7.36. The number of fused-ring (bicyclic) bond motifs is 1. The Labute approximate surface area is 199 Å². The summed E-state index contributed by atoms with van der Waals surface area (Å²) in [6.07, 6.45) is 3.66. The minimum atomic E-state index is -0.184. The fourth-order valence-electron chi connectivity index (χ4n) is 4.49. The van der Waals surface area contributed by atoms with Crippen LogP contribution in [-0.4, -0.2) is 37.6 Å². The molecule has 0 aliphatic carbocycles. The highest BCUT2D eigenvalue weighted by atomic mass is 35.5.